The van der Waals surface area contributed by atoms with Crippen molar-refractivity contribution < 1.29 is 0 Å². The van der Waals surface area contributed by atoms with Crippen LogP contribution in [0.25, 0.3) is 5.69 Å². The molecule has 4 aromatic rings. The van der Waals surface area contributed by atoms with Crippen molar-refractivity contribution in [1.29, 1.82) is 0 Å². The minimum atomic E-state index is -0.148. The van der Waals surface area contributed by atoms with Gasteiger partial charge in [-0.15, -0.1) is 0 Å². The fourth-order valence-electron chi connectivity index (χ4n) is 4.40. The molecule has 7 nitrogen and oxygen atoms in total. The molecule has 3 heterocycles. The number of thioether (sulfide) groups is 1. The topological polar surface area (TPSA) is 68.6 Å². The molecule has 1 aliphatic heterocycles. The van der Waals surface area contributed by atoms with Gasteiger partial charge < -0.3 is 4.57 Å². The van der Waals surface area contributed by atoms with Crippen LogP contribution in [0.5, 0.6) is 0 Å². The van der Waals surface area contributed by atoms with Crippen molar-refractivity contribution in [2.24, 2.45) is 17.1 Å². The largest absolute Gasteiger partial charge is 0.344 e. The summed E-state index contributed by atoms with van der Waals surface area (Å²) in [7, 11) is 1.87. The van der Waals surface area contributed by atoms with Gasteiger partial charge in [0.2, 0.25) is 0 Å². The Balaban J connectivity index is 1.40. The van der Waals surface area contributed by atoms with E-state index in [1.54, 1.807) is 16.4 Å². The zero-order chi connectivity index (χ0) is 24.5. The van der Waals surface area contributed by atoms with Crippen molar-refractivity contribution in [3.63, 3.8) is 0 Å². The van der Waals surface area contributed by atoms with Crippen LogP contribution in [0.1, 0.15) is 28.2 Å². The Hall–Kier alpha value is -3.78. The number of rotatable bonds is 5. The van der Waals surface area contributed by atoms with E-state index in [1.165, 1.54) is 17.0 Å². The Bertz CT molecular complexity index is 1490. The van der Waals surface area contributed by atoms with E-state index in [1.807, 2.05) is 55.1 Å². The summed E-state index contributed by atoms with van der Waals surface area (Å²) in [5.74, 6) is 0.681. The van der Waals surface area contributed by atoms with Crippen LogP contribution in [0, 0.1) is 20.8 Å². The average molecular weight is 485 g/mol. The molecule has 0 saturated carbocycles. The van der Waals surface area contributed by atoms with E-state index in [0.29, 0.717) is 16.6 Å². The van der Waals surface area contributed by atoms with E-state index in [9.17, 15) is 4.79 Å². The number of aromatic nitrogens is 3. The lowest BCUT2D eigenvalue weighted by Gasteiger charge is -2.15. The number of nitrogens with one attached hydrogen (secondary N) is 1. The number of aliphatic imine (C=N–C) groups is 1. The van der Waals surface area contributed by atoms with E-state index in [0.717, 1.165) is 29.2 Å². The average Bonchev–Trinajstić information content (AvgIpc) is 3.27. The summed E-state index contributed by atoms with van der Waals surface area (Å²) in [4.78, 5) is 17.8. The number of hydrogen-bond donors (Lipinski definition) is 1. The second-order valence-corrected chi connectivity index (χ2v) is 9.61. The number of amidine groups is 1. The van der Waals surface area contributed by atoms with Gasteiger partial charge in [0.1, 0.15) is 0 Å². The Labute approximate surface area is 208 Å². The molecule has 0 atom stereocenters. The molecule has 1 aliphatic rings. The van der Waals surface area contributed by atoms with Gasteiger partial charge in [-0.05, 0) is 44.5 Å². The van der Waals surface area contributed by atoms with Gasteiger partial charge in [0, 0.05) is 36.3 Å². The summed E-state index contributed by atoms with van der Waals surface area (Å²) in [5.41, 5.74) is 10.7. The first-order valence-corrected chi connectivity index (χ1v) is 12.5. The molecule has 1 N–H and O–H groups in total. The fourth-order valence-corrected chi connectivity index (χ4v) is 5.16. The highest BCUT2D eigenvalue weighted by atomic mass is 32.2. The summed E-state index contributed by atoms with van der Waals surface area (Å²) in [6.45, 7) is 7.01. The van der Waals surface area contributed by atoms with Gasteiger partial charge in [-0.3, -0.25) is 14.9 Å². The van der Waals surface area contributed by atoms with Crippen molar-refractivity contribution in [2.75, 3.05) is 5.75 Å². The molecule has 0 amide bonds. The predicted octanol–water partition coefficient (Wildman–Crippen LogP) is 4.68. The Morgan fingerprint density at radius 2 is 1.69 bits per heavy atom. The maximum absolute atomic E-state index is 13.2. The second kappa shape index (κ2) is 9.46. The van der Waals surface area contributed by atoms with Gasteiger partial charge in [0.05, 0.1) is 17.1 Å². The molecule has 35 heavy (non-hydrogen) atoms. The zero-order valence-corrected chi connectivity index (χ0v) is 21.1. The van der Waals surface area contributed by atoms with Gasteiger partial charge >= 0.3 is 0 Å². The van der Waals surface area contributed by atoms with Crippen molar-refractivity contribution >= 4 is 28.3 Å². The fraction of sp³-hybridized carbons (Fsp3) is 0.222. The molecule has 0 spiro atoms. The zero-order valence-electron chi connectivity index (χ0n) is 20.3. The molecule has 0 radical (unpaired) electrons. The summed E-state index contributed by atoms with van der Waals surface area (Å²) in [6, 6.07) is 22.3. The molecular formula is C27H28N6OS. The molecule has 0 saturated heterocycles. The smallest absolute Gasteiger partial charge is 0.297 e. The Morgan fingerprint density at radius 1 is 1.00 bits per heavy atom. The summed E-state index contributed by atoms with van der Waals surface area (Å²) in [5, 5.41) is 5.26. The summed E-state index contributed by atoms with van der Waals surface area (Å²) >= 11 is 1.56. The third-order valence-corrected chi connectivity index (χ3v) is 7.31. The van der Waals surface area contributed by atoms with E-state index in [-0.39, 0.29) is 5.56 Å². The minimum Gasteiger partial charge on any atom is -0.344 e. The predicted molar refractivity (Wildman–Crippen MR) is 144 cm³/mol. The van der Waals surface area contributed by atoms with Gasteiger partial charge in [0.15, 0.2) is 10.9 Å². The van der Waals surface area contributed by atoms with Crippen LogP contribution in [0.2, 0.25) is 0 Å². The lowest BCUT2D eigenvalue weighted by molar-refractivity contribution is 0.630. The van der Waals surface area contributed by atoms with Crippen molar-refractivity contribution in [2.45, 2.75) is 27.3 Å². The van der Waals surface area contributed by atoms with Crippen molar-refractivity contribution in [3.8, 4) is 5.69 Å². The number of para-hydroxylation sites is 1. The highest BCUT2D eigenvalue weighted by molar-refractivity contribution is 8.14. The molecule has 2 aromatic carbocycles. The first-order chi connectivity index (χ1) is 16.9. The summed E-state index contributed by atoms with van der Waals surface area (Å²) < 4.78 is 5.79. The highest BCUT2D eigenvalue weighted by Gasteiger charge is 2.21. The Kier molecular flexibility index (Phi) is 6.21. The monoisotopic (exact) mass is 484 g/mol. The van der Waals surface area contributed by atoms with Gasteiger partial charge in [-0.1, -0.05) is 60.3 Å². The van der Waals surface area contributed by atoms with Crippen LogP contribution in [-0.4, -0.2) is 30.6 Å². The quantitative estimate of drug-likeness (QED) is 0.447. The van der Waals surface area contributed by atoms with E-state index >= 15 is 0 Å². The molecule has 5 rings (SSSR count). The highest BCUT2D eigenvalue weighted by Crippen LogP contribution is 2.24. The molecule has 0 bridgehead atoms. The first kappa shape index (κ1) is 23.0. The van der Waals surface area contributed by atoms with Crippen LogP contribution in [0.15, 0.2) is 81.6 Å². The number of hydrazone groups is 1. The molecule has 8 heteroatoms. The molecule has 2 aromatic heterocycles. The van der Waals surface area contributed by atoms with Crippen LogP contribution in [0.4, 0.5) is 5.69 Å². The van der Waals surface area contributed by atoms with Gasteiger partial charge in [-0.25, -0.2) is 9.67 Å². The first-order valence-electron chi connectivity index (χ1n) is 11.5. The third-order valence-electron chi connectivity index (χ3n) is 6.44. The van der Waals surface area contributed by atoms with E-state index in [2.05, 4.69) is 64.3 Å². The lowest BCUT2D eigenvalue weighted by Crippen LogP contribution is -2.26. The number of benzene rings is 2. The van der Waals surface area contributed by atoms with E-state index < -0.39 is 0 Å². The normalized spacial score (nSPS) is 14.7. The second-order valence-electron chi connectivity index (χ2n) is 8.64. The van der Waals surface area contributed by atoms with Gasteiger partial charge in [-0.2, -0.15) is 5.10 Å². The molecular weight excluding hydrogens is 456 g/mol. The number of nitrogens with zero attached hydrogens (tertiary/aromatic N) is 5. The molecule has 0 aliphatic carbocycles. The van der Waals surface area contributed by atoms with Crippen molar-refractivity contribution in [3.05, 3.63) is 105 Å². The molecule has 178 valence electrons. The lowest BCUT2D eigenvalue weighted by atomic mass is 10.1. The van der Waals surface area contributed by atoms with Gasteiger partial charge in [0.25, 0.3) is 5.56 Å². The van der Waals surface area contributed by atoms with Crippen LogP contribution < -0.4 is 11.0 Å². The SMILES string of the molecule is Cc1cc(C2=NNC(=Nc3c(C)n(C)n(-c4ccccc4)c3=O)SC2)c(C)n1Cc1ccccc1. The van der Waals surface area contributed by atoms with Crippen LogP contribution >= 0.6 is 11.8 Å². The maximum atomic E-state index is 13.2. The maximum Gasteiger partial charge on any atom is 0.297 e. The standard InChI is InChI=1S/C27H28N6OS/c1-18-15-23(19(2)32(18)16-21-11-7-5-8-12-21)24-17-35-27(30-29-24)28-25-20(3)31(4)33(26(25)34)22-13-9-6-10-14-22/h5-15H,16-17H2,1-4H3,(H,28,30). The number of aryl methyl sites for hydroxylation is 1. The number of hydrogen-bond acceptors (Lipinski definition) is 4. The van der Waals surface area contributed by atoms with Crippen LogP contribution in [-0.2, 0) is 13.6 Å². The molecule has 0 fully saturated rings. The minimum absolute atomic E-state index is 0.148. The summed E-state index contributed by atoms with van der Waals surface area (Å²) in [6.07, 6.45) is 0. The third kappa shape index (κ3) is 4.37. The van der Waals surface area contributed by atoms with Crippen molar-refractivity contribution in [1.82, 2.24) is 19.4 Å². The van der Waals surface area contributed by atoms with Crippen LogP contribution in [0.3, 0.4) is 0 Å². The van der Waals surface area contributed by atoms with E-state index in [4.69, 9.17) is 0 Å². The molecule has 0 unspecified atom stereocenters. The Morgan fingerprint density at radius 3 is 2.34 bits per heavy atom.